The van der Waals surface area contributed by atoms with Crippen molar-refractivity contribution < 1.29 is 22.7 Å². The van der Waals surface area contributed by atoms with E-state index in [2.05, 4.69) is 0 Å². The first-order valence-corrected chi connectivity index (χ1v) is 6.41. The zero-order valence-electron chi connectivity index (χ0n) is 11.4. The highest BCUT2D eigenvalue weighted by Gasteiger charge is 2.43. The van der Waals surface area contributed by atoms with Gasteiger partial charge in [0.1, 0.15) is 5.75 Å². The first-order chi connectivity index (χ1) is 9.36. The Balaban J connectivity index is 2.28. The van der Waals surface area contributed by atoms with E-state index >= 15 is 0 Å². The summed E-state index contributed by atoms with van der Waals surface area (Å²) in [6.07, 6.45) is -3.67. The molecule has 1 heterocycles. The number of carbonyl (C=O) groups is 1. The summed E-state index contributed by atoms with van der Waals surface area (Å²) in [5, 5.41) is 0. The van der Waals surface area contributed by atoms with Gasteiger partial charge in [0, 0.05) is 13.1 Å². The van der Waals surface area contributed by atoms with Gasteiger partial charge in [0.25, 0.3) is 0 Å². The summed E-state index contributed by atoms with van der Waals surface area (Å²) in [5.41, 5.74) is 2.66. The van der Waals surface area contributed by atoms with Crippen LogP contribution in [0.15, 0.2) is 12.1 Å². The second-order valence-electron chi connectivity index (χ2n) is 4.76. The standard InChI is InChI=1S/C14H16F3NO2/c1-3-9-6-11-8-18(13(19)14(15,16)17)5-4-10(11)7-12(9)20-2/h6-7H,3-5,8H2,1-2H3. The number of amides is 1. The number of rotatable bonds is 2. The Morgan fingerprint density at radius 3 is 2.60 bits per heavy atom. The number of carbonyl (C=O) groups excluding carboxylic acids is 1. The van der Waals surface area contributed by atoms with Crippen LogP contribution in [-0.4, -0.2) is 30.6 Å². The first kappa shape index (κ1) is 14.7. The molecule has 0 atom stereocenters. The molecule has 1 aliphatic rings. The van der Waals surface area contributed by atoms with E-state index in [0.29, 0.717) is 6.42 Å². The molecule has 1 amide bonds. The minimum Gasteiger partial charge on any atom is -0.496 e. The summed E-state index contributed by atoms with van der Waals surface area (Å²) in [4.78, 5) is 12.1. The Bertz CT molecular complexity index is 526. The van der Waals surface area contributed by atoms with Crippen LogP contribution < -0.4 is 4.74 Å². The number of hydrogen-bond donors (Lipinski definition) is 0. The van der Waals surface area contributed by atoms with Crippen molar-refractivity contribution in [1.29, 1.82) is 0 Å². The summed E-state index contributed by atoms with van der Waals surface area (Å²) < 4.78 is 42.7. The van der Waals surface area contributed by atoms with Crippen molar-refractivity contribution in [1.82, 2.24) is 4.90 Å². The third-order valence-electron chi connectivity index (χ3n) is 3.53. The predicted octanol–water partition coefficient (Wildman–Crippen LogP) is 2.70. The lowest BCUT2D eigenvalue weighted by Gasteiger charge is -2.30. The fourth-order valence-electron chi connectivity index (χ4n) is 2.46. The van der Waals surface area contributed by atoms with Gasteiger partial charge in [-0.3, -0.25) is 4.79 Å². The number of fused-ring (bicyclic) bond motifs is 1. The number of alkyl halides is 3. The summed E-state index contributed by atoms with van der Waals surface area (Å²) in [7, 11) is 1.57. The highest BCUT2D eigenvalue weighted by atomic mass is 19.4. The van der Waals surface area contributed by atoms with Gasteiger partial charge < -0.3 is 9.64 Å². The number of benzene rings is 1. The number of halogens is 3. The van der Waals surface area contributed by atoms with E-state index in [4.69, 9.17) is 4.74 Å². The molecule has 2 rings (SSSR count). The molecule has 20 heavy (non-hydrogen) atoms. The Hall–Kier alpha value is -1.72. The lowest BCUT2D eigenvalue weighted by atomic mass is 9.95. The van der Waals surface area contributed by atoms with Gasteiger partial charge in [-0.2, -0.15) is 13.2 Å². The monoisotopic (exact) mass is 287 g/mol. The fraction of sp³-hybridized carbons (Fsp3) is 0.500. The quantitative estimate of drug-likeness (QED) is 0.837. The third-order valence-corrected chi connectivity index (χ3v) is 3.53. The van der Waals surface area contributed by atoms with Crippen LogP contribution in [0.2, 0.25) is 0 Å². The molecule has 0 spiro atoms. The van der Waals surface area contributed by atoms with E-state index in [0.717, 1.165) is 33.8 Å². The molecule has 0 aromatic heterocycles. The molecular weight excluding hydrogens is 271 g/mol. The topological polar surface area (TPSA) is 29.5 Å². The van der Waals surface area contributed by atoms with Crippen LogP contribution >= 0.6 is 0 Å². The van der Waals surface area contributed by atoms with E-state index in [1.54, 1.807) is 7.11 Å². The summed E-state index contributed by atoms with van der Waals surface area (Å²) in [6.45, 7) is 2.04. The lowest BCUT2D eigenvalue weighted by molar-refractivity contribution is -0.186. The summed E-state index contributed by atoms with van der Waals surface area (Å²) in [6, 6.07) is 3.70. The molecule has 1 aromatic rings. The first-order valence-electron chi connectivity index (χ1n) is 6.41. The van der Waals surface area contributed by atoms with Gasteiger partial charge in [0.15, 0.2) is 0 Å². The van der Waals surface area contributed by atoms with Crippen molar-refractivity contribution in [2.24, 2.45) is 0 Å². The van der Waals surface area contributed by atoms with Crippen molar-refractivity contribution in [2.45, 2.75) is 32.5 Å². The van der Waals surface area contributed by atoms with Crippen LogP contribution in [0.1, 0.15) is 23.6 Å². The molecule has 0 unspecified atom stereocenters. The lowest BCUT2D eigenvalue weighted by Crippen LogP contribution is -2.43. The van der Waals surface area contributed by atoms with Gasteiger partial charge in [-0.15, -0.1) is 0 Å². The molecule has 0 saturated heterocycles. The molecule has 6 heteroatoms. The van der Waals surface area contributed by atoms with Crippen LogP contribution in [0.3, 0.4) is 0 Å². The number of aryl methyl sites for hydroxylation is 1. The predicted molar refractivity (Wildman–Crippen MR) is 67.5 cm³/mol. The second kappa shape index (κ2) is 5.34. The number of ether oxygens (including phenoxy) is 1. The third kappa shape index (κ3) is 2.73. The van der Waals surface area contributed by atoms with Gasteiger partial charge in [-0.1, -0.05) is 13.0 Å². The van der Waals surface area contributed by atoms with E-state index in [1.807, 2.05) is 19.1 Å². The zero-order valence-corrected chi connectivity index (χ0v) is 11.4. The van der Waals surface area contributed by atoms with Crippen LogP contribution in [0.4, 0.5) is 13.2 Å². The highest BCUT2D eigenvalue weighted by Crippen LogP contribution is 2.30. The van der Waals surface area contributed by atoms with Crippen molar-refractivity contribution in [3.63, 3.8) is 0 Å². The SMILES string of the molecule is CCc1cc2c(cc1OC)CCN(C(=O)C(F)(F)F)C2. The fourth-order valence-corrected chi connectivity index (χ4v) is 2.46. The van der Waals surface area contributed by atoms with E-state index in [9.17, 15) is 18.0 Å². The molecule has 0 radical (unpaired) electrons. The van der Waals surface area contributed by atoms with Crippen LogP contribution in [0, 0.1) is 0 Å². The van der Waals surface area contributed by atoms with Gasteiger partial charge in [-0.25, -0.2) is 0 Å². The summed E-state index contributed by atoms with van der Waals surface area (Å²) >= 11 is 0. The molecule has 0 fully saturated rings. The normalized spacial score (nSPS) is 14.9. The molecule has 0 bridgehead atoms. The van der Waals surface area contributed by atoms with Crippen LogP contribution in [-0.2, 0) is 24.2 Å². The van der Waals surface area contributed by atoms with Gasteiger partial charge in [-0.05, 0) is 35.6 Å². The maximum absolute atomic E-state index is 12.5. The van der Waals surface area contributed by atoms with Gasteiger partial charge in [0.2, 0.25) is 0 Å². The molecular formula is C14H16F3NO2. The number of methoxy groups -OCH3 is 1. The van der Waals surface area contributed by atoms with Crippen molar-refractivity contribution in [3.8, 4) is 5.75 Å². The largest absolute Gasteiger partial charge is 0.496 e. The molecule has 1 aromatic carbocycles. The molecule has 3 nitrogen and oxygen atoms in total. The van der Waals surface area contributed by atoms with Crippen LogP contribution in [0.25, 0.3) is 0 Å². The molecule has 0 saturated carbocycles. The molecule has 110 valence electrons. The van der Waals surface area contributed by atoms with E-state index in [-0.39, 0.29) is 13.1 Å². The van der Waals surface area contributed by atoms with Crippen molar-refractivity contribution >= 4 is 5.91 Å². The Morgan fingerprint density at radius 2 is 2.05 bits per heavy atom. The summed E-state index contributed by atoms with van der Waals surface area (Å²) in [5.74, 6) is -1.01. The minimum absolute atomic E-state index is 0.00463. The van der Waals surface area contributed by atoms with E-state index < -0.39 is 12.1 Å². The maximum Gasteiger partial charge on any atom is 0.471 e. The molecule has 0 aliphatic carbocycles. The maximum atomic E-state index is 12.5. The van der Waals surface area contributed by atoms with Crippen molar-refractivity contribution in [2.75, 3.05) is 13.7 Å². The number of nitrogens with zero attached hydrogens (tertiary/aromatic N) is 1. The van der Waals surface area contributed by atoms with Crippen LogP contribution in [0.5, 0.6) is 5.75 Å². The Morgan fingerprint density at radius 1 is 1.35 bits per heavy atom. The Kier molecular flexibility index (Phi) is 3.92. The Labute approximate surface area is 115 Å². The second-order valence-corrected chi connectivity index (χ2v) is 4.76. The number of hydrogen-bond acceptors (Lipinski definition) is 2. The molecule has 1 aliphatic heterocycles. The minimum atomic E-state index is -4.81. The average Bonchev–Trinajstić information content (AvgIpc) is 2.43. The van der Waals surface area contributed by atoms with Gasteiger partial charge in [0.05, 0.1) is 7.11 Å². The van der Waals surface area contributed by atoms with Gasteiger partial charge >= 0.3 is 12.1 Å². The van der Waals surface area contributed by atoms with Crippen molar-refractivity contribution in [3.05, 3.63) is 28.8 Å². The zero-order chi connectivity index (χ0) is 14.9. The molecule has 0 N–H and O–H groups in total. The average molecular weight is 287 g/mol. The highest BCUT2D eigenvalue weighted by molar-refractivity contribution is 5.82. The van der Waals surface area contributed by atoms with E-state index in [1.165, 1.54) is 0 Å². The smallest absolute Gasteiger partial charge is 0.471 e.